The highest BCUT2D eigenvalue weighted by atomic mass is 16.2. The van der Waals surface area contributed by atoms with Gasteiger partial charge in [0.05, 0.1) is 6.04 Å². The van der Waals surface area contributed by atoms with E-state index >= 15 is 0 Å². The van der Waals surface area contributed by atoms with Gasteiger partial charge in [-0.05, 0) is 29.7 Å². The highest BCUT2D eigenvalue weighted by Crippen LogP contribution is 2.54. The fourth-order valence-corrected chi connectivity index (χ4v) is 4.61. The van der Waals surface area contributed by atoms with Gasteiger partial charge in [0, 0.05) is 18.3 Å². The molecule has 7 nitrogen and oxygen atoms in total. The van der Waals surface area contributed by atoms with Gasteiger partial charge in [0.2, 0.25) is 5.91 Å². The number of nitrogens with one attached hydrogen (secondary N) is 2. The van der Waals surface area contributed by atoms with Crippen LogP contribution in [0.2, 0.25) is 0 Å². The second-order valence-corrected chi connectivity index (χ2v) is 7.34. The Morgan fingerprint density at radius 3 is 2.52 bits per heavy atom. The Morgan fingerprint density at radius 1 is 1.00 bits per heavy atom. The average Bonchev–Trinajstić information content (AvgIpc) is 3.28. The summed E-state index contributed by atoms with van der Waals surface area (Å²) >= 11 is 0. The molecule has 2 aromatic carbocycles. The Labute approximate surface area is 166 Å². The smallest absolute Gasteiger partial charge is 0.274 e. The molecular formula is C22H18N4O3. The number of carbonyl (C=O) groups excluding carboxylic acids is 2. The van der Waals surface area contributed by atoms with Crippen molar-refractivity contribution in [2.45, 2.75) is 17.9 Å². The topological polar surface area (TPSA) is 95.2 Å². The molecule has 5 rings (SSSR count). The molecule has 2 aliphatic rings. The van der Waals surface area contributed by atoms with Crippen molar-refractivity contribution in [3.8, 4) is 0 Å². The lowest BCUT2D eigenvalue weighted by Crippen LogP contribution is -2.43. The minimum absolute atomic E-state index is 0.0997. The Hall–Kier alpha value is -3.74. The Bertz CT molecular complexity index is 1150. The molecule has 2 N–H and O–H groups in total. The largest absolute Gasteiger partial charge is 0.329 e. The van der Waals surface area contributed by atoms with E-state index in [1.165, 1.54) is 12.1 Å². The van der Waals surface area contributed by atoms with Crippen molar-refractivity contribution >= 4 is 17.5 Å². The van der Waals surface area contributed by atoms with Crippen molar-refractivity contribution in [1.29, 1.82) is 0 Å². The molecule has 2 aliphatic heterocycles. The van der Waals surface area contributed by atoms with Crippen LogP contribution < -0.4 is 10.9 Å². The van der Waals surface area contributed by atoms with Crippen molar-refractivity contribution in [1.82, 2.24) is 15.1 Å². The van der Waals surface area contributed by atoms with Gasteiger partial charge < -0.3 is 10.2 Å². The molecule has 7 heteroatoms. The van der Waals surface area contributed by atoms with Crippen LogP contribution in [0, 0.1) is 0 Å². The summed E-state index contributed by atoms with van der Waals surface area (Å²) in [6.07, 6.45) is 0.504. The molecule has 144 valence electrons. The van der Waals surface area contributed by atoms with Crippen LogP contribution in [0.5, 0.6) is 0 Å². The van der Waals surface area contributed by atoms with E-state index in [-0.39, 0.29) is 23.1 Å². The van der Waals surface area contributed by atoms with Crippen LogP contribution in [0.25, 0.3) is 0 Å². The highest BCUT2D eigenvalue weighted by Gasteiger charge is 2.59. The monoisotopic (exact) mass is 386 g/mol. The maximum atomic E-state index is 13.3. The van der Waals surface area contributed by atoms with Gasteiger partial charge >= 0.3 is 0 Å². The lowest BCUT2D eigenvalue weighted by atomic mass is 9.72. The number of hydrogen-bond donors (Lipinski definition) is 2. The van der Waals surface area contributed by atoms with Crippen LogP contribution >= 0.6 is 0 Å². The molecule has 1 spiro atoms. The van der Waals surface area contributed by atoms with Crippen LogP contribution in [-0.2, 0) is 10.2 Å². The van der Waals surface area contributed by atoms with Crippen molar-refractivity contribution in [3.05, 3.63) is 93.9 Å². The quantitative estimate of drug-likeness (QED) is 0.706. The molecule has 3 aromatic rings. The third kappa shape index (κ3) is 2.51. The number of H-pyrrole nitrogens is 1. The van der Waals surface area contributed by atoms with Crippen molar-refractivity contribution < 1.29 is 9.59 Å². The Morgan fingerprint density at radius 2 is 1.76 bits per heavy atom. The lowest BCUT2D eigenvalue weighted by molar-refractivity contribution is -0.121. The van der Waals surface area contributed by atoms with Crippen LogP contribution in [0.4, 0.5) is 5.69 Å². The maximum Gasteiger partial charge on any atom is 0.274 e. The minimum Gasteiger partial charge on any atom is -0.329 e. The maximum absolute atomic E-state index is 13.3. The Kier molecular flexibility index (Phi) is 3.84. The summed E-state index contributed by atoms with van der Waals surface area (Å²) in [5.74, 6) is -0.415. The number of amides is 2. The summed E-state index contributed by atoms with van der Waals surface area (Å²) in [4.78, 5) is 39.6. The number of benzene rings is 2. The number of nitrogens with zero attached hydrogens (tertiary/aromatic N) is 2. The van der Waals surface area contributed by atoms with Crippen LogP contribution in [0.1, 0.15) is 34.1 Å². The van der Waals surface area contributed by atoms with Crippen LogP contribution in [-0.4, -0.2) is 33.5 Å². The molecule has 1 fully saturated rings. The number of aromatic nitrogens is 2. The zero-order chi connectivity index (χ0) is 20.0. The van der Waals surface area contributed by atoms with Gasteiger partial charge in [-0.15, -0.1) is 0 Å². The third-order valence-corrected chi connectivity index (χ3v) is 5.86. The van der Waals surface area contributed by atoms with E-state index in [9.17, 15) is 14.4 Å². The first-order valence-electron chi connectivity index (χ1n) is 9.44. The first-order valence-corrected chi connectivity index (χ1v) is 9.44. The average molecular weight is 386 g/mol. The molecular weight excluding hydrogens is 368 g/mol. The molecule has 0 bridgehead atoms. The molecule has 0 aliphatic carbocycles. The molecule has 29 heavy (non-hydrogen) atoms. The van der Waals surface area contributed by atoms with E-state index < -0.39 is 11.5 Å². The highest BCUT2D eigenvalue weighted by molar-refractivity contribution is 6.08. The predicted molar refractivity (Wildman–Crippen MR) is 106 cm³/mol. The summed E-state index contributed by atoms with van der Waals surface area (Å²) in [6, 6.07) is 19.4. The van der Waals surface area contributed by atoms with E-state index in [0.29, 0.717) is 13.0 Å². The summed E-state index contributed by atoms with van der Waals surface area (Å²) in [6.45, 7) is 0.404. The predicted octanol–water partition coefficient (Wildman–Crippen LogP) is 2.25. The van der Waals surface area contributed by atoms with E-state index in [1.807, 2.05) is 54.6 Å². The number of fused-ring (bicyclic) bond motifs is 2. The zero-order valence-corrected chi connectivity index (χ0v) is 15.5. The van der Waals surface area contributed by atoms with E-state index in [0.717, 1.165) is 16.8 Å². The summed E-state index contributed by atoms with van der Waals surface area (Å²) in [5, 5.41) is 9.21. The second kappa shape index (κ2) is 6.41. The van der Waals surface area contributed by atoms with Gasteiger partial charge in [0.25, 0.3) is 11.5 Å². The number of hydrogen-bond acceptors (Lipinski definition) is 4. The number of aromatic amines is 1. The molecule has 2 unspecified atom stereocenters. The number of anilines is 1. The number of carbonyl (C=O) groups is 2. The summed E-state index contributed by atoms with van der Waals surface area (Å²) in [7, 11) is 0. The minimum atomic E-state index is -0.865. The third-order valence-electron chi connectivity index (χ3n) is 5.86. The first kappa shape index (κ1) is 17.4. The molecule has 2 atom stereocenters. The van der Waals surface area contributed by atoms with Gasteiger partial charge in [-0.3, -0.25) is 14.4 Å². The van der Waals surface area contributed by atoms with Crippen molar-refractivity contribution in [3.63, 3.8) is 0 Å². The number of likely N-dealkylation sites (tertiary alicyclic amines) is 1. The molecule has 0 saturated carbocycles. The van der Waals surface area contributed by atoms with Gasteiger partial charge in [0.15, 0.2) is 0 Å². The summed E-state index contributed by atoms with van der Waals surface area (Å²) in [5.41, 5.74) is 1.49. The lowest BCUT2D eigenvalue weighted by Gasteiger charge is -2.34. The first-order chi connectivity index (χ1) is 14.1. The zero-order valence-electron chi connectivity index (χ0n) is 15.5. The molecule has 0 radical (unpaired) electrons. The van der Waals surface area contributed by atoms with Crippen LogP contribution in [0.15, 0.2) is 71.5 Å². The SMILES string of the molecule is O=C(c1ccc(=O)[nH]n1)N1CCC2(C(=O)Nc3ccccc32)C1c1ccccc1. The fourth-order valence-electron chi connectivity index (χ4n) is 4.61. The molecule has 1 aromatic heterocycles. The Balaban J connectivity index is 1.66. The summed E-state index contributed by atoms with van der Waals surface area (Å²) < 4.78 is 0. The van der Waals surface area contributed by atoms with Gasteiger partial charge in [-0.25, -0.2) is 5.10 Å². The van der Waals surface area contributed by atoms with Crippen LogP contribution in [0.3, 0.4) is 0 Å². The standard InChI is InChI=1S/C22H18N4O3/c27-18-11-10-17(24-25-18)20(28)26-13-12-22(19(26)14-6-2-1-3-7-14)15-8-4-5-9-16(15)23-21(22)29/h1-11,19H,12-13H2,(H,23,29)(H,25,27). The number of rotatable bonds is 2. The van der Waals surface area contributed by atoms with E-state index in [1.54, 1.807) is 4.90 Å². The van der Waals surface area contributed by atoms with E-state index in [2.05, 4.69) is 15.5 Å². The molecule has 2 amide bonds. The van der Waals surface area contributed by atoms with Gasteiger partial charge in [-0.1, -0.05) is 48.5 Å². The fraction of sp³-hybridized carbons (Fsp3) is 0.182. The second-order valence-electron chi connectivity index (χ2n) is 7.34. The van der Waals surface area contributed by atoms with Gasteiger partial charge in [-0.2, -0.15) is 5.10 Å². The molecule has 1 saturated heterocycles. The van der Waals surface area contributed by atoms with Gasteiger partial charge in [0.1, 0.15) is 11.1 Å². The van der Waals surface area contributed by atoms with Crippen molar-refractivity contribution in [2.24, 2.45) is 0 Å². The number of para-hydroxylation sites is 1. The normalized spacial score (nSPS) is 22.6. The molecule has 3 heterocycles. The van der Waals surface area contributed by atoms with E-state index in [4.69, 9.17) is 0 Å². The van der Waals surface area contributed by atoms with Crippen molar-refractivity contribution in [2.75, 3.05) is 11.9 Å².